The molecule has 2 fully saturated rings. The van der Waals surface area contributed by atoms with Gasteiger partial charge in [-0.3, -0.25) is 14.2 Å². The zero-order valence-corrected chi connectivity index (χ0v) is 18.8. The third-order valence-corrected chi connectivity index (χ3v) is 6.71. The molecule has 1 aliphatic carbocycles. The molecule has 1 aromatic heterocycles. The van der Waals surface area contributed by atoms with Gasteiger partial charge in [0.05, 0.1) is 16.6 Å². The molecule has 1 aliphatic heterocycles. The van der Waals surface area contributed by atoms with Gasteiger partial charge in [0.2, 0.25) is 0 Å². The van der Waals surface area contributed by atoms with Crippen LogP contribution in [-0.2, 0) is 0 Å². The van der Waals surface area contributed by atoms with Crippen molar-refractivity contribution in [3.63, 3.8) is 0 Å². The molecule has 0 bridgehead atoms. The van der Waals surface area contributed by atoms with Crippen molar-refractivity contribution in [3.05, 3.63) is 64.2 Å². The van der Waals surface area contributed by atoms with Crippen molar-refractivity contribution in [2.24, 2.45) is 0 Å². The lowest BCUT2D eigenvalue weighted by Gasteiger charge is -2.39. The quantitative estimate of drug-likeness (QED) is 0.688. The van der Waals surface area contributed by atoms with E-state index in [4.69, 9.17) is 0 Å². The lowest BCUT2D eigenvalue weighted by molar-refractivity contribution is 0.0951. The minimum atomic E-state index is -0.123. The number of hydrogen-bond acceptors (Lipinski definition) is 5. The fraction of sp³-hybridized carbons (Fsp3) is 0.400. The summed E-state index contributed by atoms with van der Waals surface area (Å²) >= 11 is 0. The predicted octanol–water partition coefficient (Wildman–Crippen LogP) is 2.73. The number of nitrogens with one attached hydrogen (secondary N) is 1. The van der Waals surface area contributed by atoms with Gasteiger partial charge in [-0.15, -0.1) is 0 Å². The lowest BCUT2D eigenvalue weighted by atomic mass is 10.1. The summed E-state index contributed by atoms with van der Waals surface area (Å²) in [4.78, 5) is 35.2. The molecule has 166 valence electrons. The summed E-state index contributed by atoms with van der Waals surface area (Å²) < 4.78 is 1.56. The predicted molar refractivity (Wildman–Crippen MR) is 127 cm³/mol. The lowest BCUT2D eigenvalue weighted by Crippen LogP contribution is -2.50. The topological polar surface area (TPSA) is 70.5 Å². The van der Waals surface area contributed by atoms with E-state index < -0.39 is 0 Å². The van der Waals surface area contributed by atoms with Crippen LogP contribution in [0.3, 0.4) is 0 Å². The summed E-state index contributed by atoms with van der Waals surface area (Å²) in [6.45, 7) is 7.00. The smallest absolute Gasteiger partial charge is 0.265 e. The second-order valence-electron chi connectivity index (χ2n) is 9.15. The first-order valence-electron chi connectivity index (χ1n) is 11.3. The van der Waals surface area contributed by atoms with E-state index >= 15 is 0 Å². The van der Waals surface area contributed by atoms with E-state index in [9.17, 15) is 9.59 Å². The number of nitrogens with zero attached hydrogens (tertiary/aromatic N) is 4. The van der Waals surface area contributed by atoms with E-state index in [1.165, 1.54) is 0 Å². The van der Waals surface area contributed by atoms with Gasteiger partial charge in [-0.05, 0) is 69.6 Å². The van der Waals surface area contributed by atoms with Crippen LogP contribution >= 0.6 is 0 Å². The Balaban J connectivity index is 1.53. The maximum atomic E-state index is 13.5. The molecule has 3 aromatic rings. The van der Waals surface area contributed by atoms with Gasteiger partial charge >= 0.3 is 0 Å². The van der Waals surface area contributed by atoms with Gasteiger partial charge < -0.3 is 15.1 Å². The van der Waals surface area contributed by atoms with Gasteiger partial charge in [0.1, 0.15) is 6.33 Å². The van der Waals surface area contributed by atoms with Crippen molar-refractivity contribution in [2.45, 2.75) is 38.8 Å². The zero-order chi connectivity index (χ0) is 22.4. The Morgan fingerprint density at radius 1 is 1.12 bits per heavy atom. The van der Waals surface area contributed by atoms with E-state index in [-0.39, 0.29) is 17.5 Å². The average molecular weight is 432 g/mol. The van der Waals surface area contributed by atoms with Gasteiger partial charge in [-0.2, -0.15) is 0 Å². The summed E-state index contributed by atoms with van der Waals surface area (Å²) in [5, 5.41) is 3.60. The molecule has 2 aromatic carbocycles. The second kappa shape index (κ2) is 8.06. The van der Waals surface area contributed by atoms with Crippen LogP contribution in [0.4, 0.5) is 5.69 Å². The highest BCUT2D eigenvalue weighted by Gasteiger charge is 2.24. The van der Waals surface area contributed by atoms with Crippen LogP contribution in [0.25, 0.3) is 16.6 Å². The van der Waals surface area contributed by atoms with Crippen LogP contribution in [0, 0.1) is 6.92 Å². The highest BCUT2D eigenvalue weighted by atomic mass is 16.1. The van der Waals surface area contributed by atoms with Gasteiger partial charge in [0, 0.05) is 43.0 Å². The molecule has 1 saturated heterocycles. The van der Waals surface area contributed by atoms with Crippen LogP contribution < -0.4 is 15.8 Å². The van der Waals surface area contributed by atoms with Crippen molar-refractivity contribution in [1.29, 1.82) is 0 Å². The number of benzene rings is 2. The molecule has 0 unspecified atom stereocenters. The summed E-state index contributed by atoms with van der Waals surface area (Å²) in [6, 6.07) is 12.1. The number of aryl methyl sites for hydroxylation is 1. The standard InChI is InChI=1S/C25H29N5O2/c1-16-4-5-18(24(31)27-19-6-7-19)12-23(16)30-15-26-22-9-8-20(13-21(22)25(30)32)29-11-10-28(3)17(2)14-29/h4-5,8-9,12-13,15,17,19H,6-7,10-11,14H2,1-3H3,(H,27,31)/t17-/m0/s1. The number of amides is 1. The van der Waals surface area contributed by atoms with Crippen LogP contribution in [0.1, 0.15) is 35.7 Å². The third-order valence-electron chi connectivity index (χ3n) is 6.71. The number of aromatic nitrogens is 2. The van der Waals surface area contributed by atoms with Crippen molar-refractivity contribution in [3.8, 4) is 5.69 Å². The molecule has 1 atom stereocenters. The average Bonchev–Trinajstić information content (AvgIpc) is 3.60. The number of hydrogen-bond donors (Lipinski definition) is 1. The number of piperazine rings is 1. The minimum absolute atomic E-state index is 0.0954. The Bertz CT molecular complexity index is 1250. The Morgan fingerprint density at radius 3 is 2.69 bits per heavy atom. The molecule has 7 heteroatoms. The largest absolute Gasteiger partial charge is 0.369 e. The maximum absolute atomic E-state index is 13.5. The first kappa shape index (κ1) is 20.7. The molecule has 32 heavy (non-hydrogen) atoms. The summed E-state index contributed by atoms with van der Waals surface area (Å²) in [7, 11) is 2.15. The minimum Gasteiger partial charge on any atom is -0.369 e. The first-order chi connectivity index (χ1) is 15.4. The Labute approximate surface area is 187 Å². The molecular formula is C25H29N5O2. The zero-order valence-electron chi connectivity index (χ0n) is 18.8. The summed E-state index contributed by atoms with van der Waals surface area (Å²) in [5.74, 6) is -0.0954. The molecule has 0 radical (unpaired) electrons. The normalized spacial score (nSPS) is 19.3. The molecule has 7 nitrogen and oxygen atoms in total. The van der Waals surface area contributed by atoms with Crippen molar-refractivity contribution < 1.29 is 4.79 Å². The van der Waals surface area contributed by atoms with Crippen LogP contribution in [0.5, 0.6) is 0 Å². The van der Waals surface area contributed by atoms with E-state index in [0.717, 1.165) is 43.7 Å². The number of fused-ring (bicyclic) bond motifs is 1. The van der Waals surface area contributed by atoms with Gasteiger partial charge in [-0.25, -0.2) is 4.98 Å². The number of rotatable bonds is 4. The van der Waals surface area contributed by atoms with Crippen LogP contribution in [0.15, 0.2) is 47.5 Å². The van der Waals surface area contributed by atoms with Gasteiger partial charge in [0.15, 0.2) is 0 Å². The molecule has 2 heterocycles. The maximum Gasteiger partial charge on any atom is 0.265 e. The third kappa shape index (κ3) is 3.88. The van der Waals surface area contributed by atoms with E-state index in [2.05, 4.69) is 34.1 Å². The van der Waals surface area contributed by atoms with Crippen molar-refractivity contribution >= 4 is 22.5 Å². The van der Waals surface area contributed by atoms with Gasteiger partial charge in [-0.1, -0.05) is 6.07 Å². The second-order valence-corrected chi connectivity index (χ2v) is 9.15. The highest BCUT2D eigenvalue weighted by molar-refractivity contribution is 5.95. The molecule has 1 saturated carbocycles. The molecule has 0 spiro atoms. The van der Waals surface area contributed by atoms with Crippen molar-refractivity contribution in [2.75, 3.05) is 31.6 Å². The number of carbonyl (C=O) groups excluding carboxylic acids is 1. The summed E-state index contributed by atoms with van der Waals surface area (Å²) in [6.07, 6.45) is 3.63. The van der Waals surface area contributed by atoms with E-state index in [0.29, 0.717) is 28.2 Å². The summed E-state index contributed by atoms with van der Waals surface area (Å²) in [5.41, 5.74) is 3.76. The van der Waals surface area contributed by atoms with Gasteiger partial charge in [0.25, 0.3) is 11.5 Å². The molecule has 1 amide bonds. The molecule has 2 aliphatic rings. The number of carbonyl (C=O) groups is 1. The Kier molecular flexibility index (Phi) is 5.21. The number of anilines is 1. The van der Waals surface area contributed by atoms with Crippen molar-refractivity contribution in [1.82, 2.24) is 19.8 Å². The molecule has 5 rings (SSSR count). The van der Waals surface area contributed by atoms with E-state index in [1.807, 2.05) is 37.3 Å². The van der Waals surface area contributed by atoms with E-state index in [1.54, 1.807) is 17.0 Å². The highest BCUT2D eigenvalue weighted by Crippen LogP contribution is 2.23. The number of likely N-dealkylation sites (N-methyl/N-ethyl adjacent to an activating group) is 1. The van der Waals surface area contributed by atoms with Crippen LogP contribution in [0.2, 0.25) is 0 Å². The fourth-order valence-corrected chi connectivity index (χ4v) is 4.27. The Hall–Kier alpha value is -3.19. The first-order valence-corrected chi connectivity index (χ1v) is 11.3. The monoisotopic (exact) mass is 431 g/mol. The fourth-order valence-electron chi connectivity index (χ4n) is 4.27. The molecule has 1 N–H and O–H groups in total. The SMILES string of the molecule is Cc1ccc(C(=O)NC2CC2)cc1-n1cnc2ccc(N3CCN(C)[C@@H](C)C3)cc2c1=O. The van der Waals surface area contributed by atoms with Crippen LogP contribution in [-0.4, -0.2) is 59.1 Å². The molecular weight excluding hydrogens is 402 g/mol. The Morgan fingerprint density at radius 2 is 1.94 bits per heavy atom.